The third kappa shape index (κ3) is 4.76. The maximum Gasteiger partial charge on any atom is 0.170 e. The fraction of sp³-hybridized carbons (Fsp3) is 0.360. The van der Waals surface area contributed by atoms with Gasteiger partial charge in [-0.25, -0.2) is 0 Å². The van der Waals surface area contributed by atoms with E-state index in [9.17, 15) is 14.7 Å². The van der Waals surface area contributed by atoms with Gasteiger partial charge in [0.05, 0.1) is 5.57 Å². The molecular weight excluding hydrogens is 364 g/mol. The van der Waals surface area contributed by atoms with E-state index in [4.69, 9.17) is 4.74 Å². The van der Waals surface area contributed by atoms with Crippen molar-refractivity contribution >= 4 is 11.6 Å². The molecule has 4 nitrogen and oxygen atoms in total. The second-order valence-electron chi connectivity index (χ2n) is 7.79. The van der Waals surface area contributed by atoms with Crippen LogP contribution < -0.4 is 4.74 Å². The number of aliphatic hydroxyl groups is 1. The van der Waals surface area contributed by atoms with Crippen LogP contribution in [0.2, 0.25) is 0 Å². The van der Waals surface area contributed by atoms with Crippen LogP contribution in [-0.2, 0) is 16.2 Å². The molecule has 0 saturated heterocycles. The highest BCUT2D eigenvalue weighted by atomic mass is 16.5. The Morgan fingerprint density at radius 2 is 1.72 bits per heavy atom. The standard InChI is InChI=1S/C25H28O4/c1-4-8-20(26)25-21(27)13-19(14-22(25)28)24-17(3)11-16(2)12-23(24)29-15-18-9-6-5-7-10-18/h5-7,9-12,19,26H,4,8,13-15H2,1-3H3. The molecule has 1 aliphatic carbocycles. The fourth-order valence-electron chi connectivity index (χ4n) is 4.08. The van der Waals surface area contributed by atoms with Gasteiger partial charge >= 0.3 is 0 Å². The van der Waals surface area contributed by atoms with E-state index < -0.39 is 0 Å². The van der Waals surface area contributed by atoms with Gasteiger partial charge in [-0.15, -0.1) is 0 Å². The highest BCUT2D eigenvalue weighted by Crippen LogP contribution is 2.40. The van der Waals surface area contributed by atoms with Gasteiger partial charge in [0.1, 0.15) is 18.1 Å². The Bertz CT molecular complexity index is 921. The molecule has 0 aliphatic heterocycles. The summed E-state index contributed by atoms with van der Waals surface area (Å²) in [5, 5.41) is 10.1. The van der Waals surface area contributed by atoms with Crippen LogP contribution in [0.1, 0.15) is 60.8 Å². The molecule has 1 fully saturated rings. The summed E-state index contributed by atoms with van der Waals surface area (Å²) in [5.74, 6) is -0.124. The van der Waals surface area contributed by atoms with Crippen molar-refractivity contribution in [3.63, 3.8) is 0 Å². The molecule has 29 heavy (non-hydrogen) atoms. The number of ether oxygens (including phenoxy) is 1. The van der Waals surface area contributed by atoms with Crippen molar-refractivity contribution in [2.75, 3.05) is 0 Å². The SMILES string of the molecule is CCCC(O)=C1C(=O)CC(c2c(C)cc(C)cc2OCc2ccccc2)CC1=O. The van der Waals surface area contributed by atoms with Gasteiger partial charge in [0.25, 0.3) is 0 Å². The Morgan fingerprint density at radius 3 is 2.34 bits per heavy atom. The summed E-state index contributed by atoms with van der Waals surface area (Å²) in [6.45, 7) is 6.33. The summed E-state index contributed by atoms with van der Waals surface area (Å²) in [5.41, 5.74) is 4.07. The van der Waals surface area contributed by atoms with E-state index in [1.165, 1.54) is 0 Å². The number of hydrogen-bond acceptors (Lipinski definition) is 4. The number of allylic oxidation sites excluding steroid dienone is 2. The van der Waals surface area contributed by atoms with Crippen molar-refractivity contribution < 1.29 is 19.4 Å². The first-order valence-corrected chi connectivity index (χ1v) is 10.2. The summed E-state index contributed by atoms with van der Waals surface area (Å²) >= 11 is 0. The zero-order valence-corrected chi connectivity index (χ0v) is 17.3. The summed E-state index contributed by atoms with van der Waals surface area (Å²) < 4.78 is 6.14. The predicted molar refractivity (Wildman–Crippen MR) is 113 cm³/mol. The monoisotopic (exact) mass is 392 g/mol. The number of ketones is 2. The van der Waals surface area contributed by atoms with E-state index in [0.717, 1.165) is 28.0 Å². The van der Waals surface area contributed by atoms with Crippen molar-refractivity contribution in [3.05, 3.63) is 76.1 Å². The molecule has 0 aromatic heterocycles. The molecule has 1 saturated carbocycles. The minimum Gasteiger partial charge on any atom is -0.511 e. The number of aryl methyl sites for hydroxylation is 2. The van der Waals surface area contributed by atoms with Crippen molar-refractivity contribution in [2.24, 2.45) is 0 Å². The lowest BCUT2D eigenvalue weighted by Gasteiger charge is -2.26. The second-order valence-corrected chi connectivity index (χ2v) is 7.79. The van der Waals surface area contributed by atoms with Crippen LogP contribution in [0.15, 0.2) is 53.8 Å². The first kappa shape index (κ1) is 20.8. The number of carbonyl (C=O) groups is 2. The molecule has 2 aromatic carbocycles. The molecule has 152 valence electrons. The molecule has 2 aromatic rings. The second kappa shape index (κ2) is 9.08. The van der Waals surface area contributed by atoms with Gasteiger partial charge < -0.3 is 9.84 Å². The Balaban J connectivity index is 1.89. The molecule has 0 bridgehead atoms. The van der Waals surface area contributed by atoms with Crippen molar-refractivity contribution in [1.29, 1.82) is 0 Å². The maximum atomic E-state index is 12.7. The molecular formula is C25H28O4. The molecule has 0 amide bonds. The van der Waals surface area contributed by atoms with E-state index >= 15 is 0 Å². The number of carbonyl (C=O) groups excluding carboxylic acids is 2. The molecule has 1 aliphatic rings. The summed E-state index contributed by atoms with van der Waals surface area (Å²) in [7, 11) is 0. The van der Waals surface area contributed by atoms with Crippen LogP contribution >= 0.6 is 0 Å². The number of benzene rings is 2. The maximum absolute atomic E-state index is 12.7. The van der Waals surface area contributed by atoms with E-state index in [1.807, 2.05) is 57.2 Å². The van der Waals surface area contributed by atoms with Gasteiger partial charge in [0, 0.05) is 30.7 Å². The Morgan fingerprint density at radius 1 is 1.07 bits per heavy atom. The van der Waals surface area contributed by atoms with Gasteiger partial charge in [0.2, 0.25) is 0 Å². The first-order chi connectivity index (χ1) is 13.9. The molecule has 0 unspecified atom stereocenters. The smallest absolute Gasteiger partial charge is 0.170 e. The van der Waals surface area contributed by atoms with Gasteiger partial charge in [-0.05, 0) is 43.0 Å². The van der Waals surface area contributed by atoms with Crippen LogP contribution in [0.3, 0.4) is 0 Å². The molecule has 4 heteroatoms. The van der Waals surface area contributed by atoms with Crippen LogP contribution in [-0.4, -0.2) is 16.7 Å². The summed E-state index contributed by atoms with van der Waals surface area (Å²) in [4.78, 5) is 25.4. The lowest BCUT2D eigenvalue weighted by molar-refractivity contribution is -0.124. The van der Waals surface area contributed by atoms with Gasteiger partial charge in [0.15, 0.2) is 11.6 Å². The first-order valence-electron chi connectivity index (χ1n) is 10.2. The third-order valence-electron chi connectivity index (χ3n) is 5.34. The van der Waals surface area contributed by atoms with Gasteiger partial charge in [-0.2, -0.15) is 0 Å². The third-order valence-corrected chi connectivity index (χ3v) is 5.34. The Labute approximate surface area is 172 Å². The molecule has 3 rings (SSSR count). The Hall–Kier alpha value is -2.88. The highest BCUT2D eigenvalue weighted by molar-refractivity contribution is 6.22. The molecule has 0 radical (unpaired) electrons. The average Bonchev–Trinajstić information content (AvgIpc) is 2.66. The lowest BCUT2D eigenvalue weighted by Crippen LogP contribution is -2.27. The quantitative estimate of drug-likeness (QED) is 0.400. The largest absolute Gasteiger partial charge is 0.511 e. The van der Waals surface area contributed by atoms with Gasteiger partial charge in [-0.3, -0.25) is 9.59 Å². The molecule has 0 heterocycles. The molecule has 1 N–H and O–H groups in total. The lowest BCUT2D eigenvalue weighted by atomic mass is 9.77. The van der Waals surface area contributed by atoms with Crippen LogP contribution in [0.5, 0.6) is 5.75 Å². The summed E-state index contributed by atoms with van der Waals surface area (Å²) in [6.07, 6.45) is 1.46. The Kier molecular flexibility index (Phi) is 6.53. The van der Waals surface area contributed by atoms with Crippen molar-refractivity contribution in [2.45, 2.75) is 59.0 Å². The number of aliphatic hydroxyl groups excluding tert-OH is 1. The zero-order chi connectivity index (χ0) is 21.0. The van der Waals surface area contributed by atoms with Gasteiger partial charge in [-0.1, -0.05) is 43.3 Å². The minimum absolute atomic E-state index is 0.000353. The van der Waals surface area contributed by atoms with E-state index in [2.05, 4.69) is 6.07 Å². The van der Waals surface area contributed by atoms with E-state index in [-0.39, 0.29) is 41.7 Å². The highest BCUT2D eigenvalue weighted by Gasteiger charge is 2.35. The predicted octanol–water partition coefficient (Wildman–Crippen LogP) is 5.51. The van der Waals surface area contributed by atoms with Crippen molar-refractivity contribution in [3.8, 4) is 5.75 Å². The average molecular weight is 392 g/mol. The van der Waals surface area contributed by atoms with E-state index in [1.54, 1.807) is 0 Å². The zero-order valence-electron chi connectivity index (χ0n) is 17.3. The van der Waals surface area contributed by atoms with Crippen LogP contribution in [0, 0.1) is 13.8 Å². The number of rotatable bonds is 6. The van der Waals surface area contributed by atoms with Crippen LogP contribution in [0.4, 0.5) is 0 Å². The number of Topliss-reactive ketones (excluding diaryl/α,β-unsaturated/α-hetero) is 2. The van der Waals surface area contributed by atoms with Crippen molar-refractivity contribution in [1.82, 2.24) is 0 Å². The normalized spacial score (nSPS) is 16.8. The minimum atomic E-state index is -0.272. The topological polar surface area (TPSA) is 63.6 Å². The van der Waals surface area contributed by atoms with E-state index in [0.29, 0.717) is 19.4 Å². The summed E-state index contributed by atoms with van der Waals surface area (Å²) in [6, 6.07) is 13.9. The molecule has 0 atom stereocenters. The van der Waals surface area contributed by atoms with Crippen LogP contribution in [0.25, 0.3) is 0 Å². The fourth-order valence-corrected chi connectivity index (χ4v) is 4.08. The number of hydrogen-bond donors (Lipinski definition) is 1. The molecule has 0 spiro atoms.